The standard InChI is InChI=1S/C13H23N3O3S/c1-14-8-11-7-12(9-16(11)2)20(17,18)15-10-13(19-3)5-4-6-13/h7,9,14-15H,4-6,8,10H2,1-3H3. The Morgan fingerprint density at radius 2 is 2.15 bits per heavy atom. The van der Waals surface area contributed by atoms with Crippen LogP contribution in [0.2, 0.25) is 0 Å². The fraction of sp³-hybridized carbons (Fsp3) is 0.692. The van der Waals surface area contributed by atoms with Gasteiger partial charge in [0.05, 0.1) is 10.5 Å². The Bertz CT molecular complexity index is 556. The number of sulfonamides is 1. The Hall–Kier alpha value is -0.890. The largest absolute Gasteiger partial charge is 0.377 e. The van der Waals surface area contributed by atoms with Gasteiger partial charge in [0.1, 0.15) is 0 Å². The molecule has 6 nitrogen and oxygen atoms in total. The van der Waals surface area contributed by atoms with Crippen molar-refractivity contribution in [1.29, 1.82) is 0 Å². The maximum atomic E-state index is 12.3. The molecule has 1 heterocycles. The zero-order valence-electron chi connectivity index (χ0n) is 12.3. The third-order valence-electron chi connectivity index (χ3n) is 4.03. The van der Waals surface area contributed by atoms with Gasteiger partial charge in [0.2, 0.25) is 10.0 Å². The van der Waals surface area contributed by atoms with Crippen molar-refractivity contribution in [2.75, 3.05) is 20.7 Å². The van der Waals surface area contributed by atoms with Gasteiger partial charge in [-0.25, -0.2) is 13.1 Å². The van der Waals surface area contributed by atoms with Gasteiger partial charge >= 0.3 is 0 Å². The Labute approximate surface area is 120 Å². The number of ether oxygens (including phenoxy) is 1. The third kappa shape index (κ3) is 3.06. The van der Waals surface area contributed by atoms with Crippen LogP contribution in [0.25, 0.3) is 0 Å². The van der Waals surface area contributed by atoms with Gasteiger partial charge in [0, 0.05) is 39.1 Å². The maximum Gasteiger partial charge on any atom is 0.242 e. The first-order chi connectivity index (χ1) is 9.42. The summed E-state index contributed by atoms with van der Waals surface area (Å²) in [7, 11) is 1.83. The monoisotopic (exact) mass is 301 g/mol. The zero-order chi connectivity index (χ0) is 14.8. The van der Waals surface area contributed by atoms with Gasteiger partial charge in [0.25, 0.3) is 0 Å². The highest BCUT2D eigenvalue weighted by Gasteiger charge is 2.38. The average Bonchev–Trinajstić information content (AvgIpc) is 2.72. The fourth-order valence-electron chi connectivity index (χ4n) is 2.41. The van der Waals surface area contributed by atoms with Crippen molar-refractivity contribution in [1.82, 2.24) is 14.6 Å². The zero-order valence-corrected chi connectivity index (χ0v) is 13.1. The van der Waals surface area contributed by atoms with Crippen LogP contribution in [0.4, 0.5) is 0 Å². The highest BCUT2D eigenvalue weighted by atomic mass is 32.2. The Kier molecular flexibility index (Phi) is 4.53. The van der Waals surface area contributed by atoms with E-state index in [0.29, 0.717) is 18.0 Å². The molecule has 1 aliphatic rings. The highest BCUT2D eigenvalue weighted by Crippen LogP contribution is 2.34. The summed E-state index contributed by atoms with van der Waals surface area (Å²) in [6.45, 7) is 0.968. The Morgan fingerprint density at radius 3 is 2.65 bits per heavy atom. The summed E-state index contributed by atoms with van der Waals surface area (Å²) in [4.78, 5) is 0.302. The second-order valence-corrected chi connectivity index (χ2v) is 7.14. The second-order valence-electron chi connectivity index (χ2n) is 5.37. The minimum Gasteiger partial charge on any atom is -0.377 e. The van der Waals surface area contributed by atoms with Crippen molar-refractivity contribution < 1.29 is 13.2 Å². The van der Waals surface area contributed by atoms with Gasteiger partial charge in [-0.3, -0.25) is 0 Å². The van der Waals surface area contributed by atoms with Crippen LogP contribution in [0, 0.1) is 0 Å². The van der Waals surface area contributed by atoms with E-state index >= 15 is 0 Å². The van der Waals surface area contributed by atoms with E-state index in [2.05, 4.69) is 10.0 Å². The molecule has 0 atom stereocenters. The molecule has 0 spiro atoms. The van der Waals surface area contributed by atoms with E-state index in [1.807, 2.05) is 18.7 Å². The summed E-state index contributed by atoms with van der Waals surface area (Å²) in [6, 6.07) is 1.69. The van der Waals surface area contributed by atoms with Crippen LogP contribution >= 0.6 is 0 Å². The summed E-state index contributed by atoms with van der Waals surface area (Å²) in [5, 5.41) is 3.02. The van der Waals surface area contributed by atoms with Crippen LogP contribution in [0.3, 0.4) is 0 Å². The molecule has 0 aromatic carbocycles. The molecule has 0 saturated heterocycles. The van der Waals surface area contributed by atoms with E-state index in [0.717, 1.165) is 25.0 Å². The van der Waals surface area contributed by atoms with Crippen molar-refractivity contribution in [2.45, 2.75) is 36.3 Å². The number of methoxy groups -OCH3 is 1. The number of aryl methyl sites for hydroxylation is 1. The number of hydrogen-bond acceptors (Lipinski definition) is 4. The van der Waals surface area contributed by atoms with E-state index in [9.17, 15) is 8.42 Å². The summed E-state index contributed by atoms with van der Waals surface area (Å²) in [6.07, 6.45) is 4.54. The first-order valence-electron chi connectivity index (χ1n) is 6.77. The normalized spacial score (nSPS) is 17.9. The average molecular weight is 301 g/mol. The molecule has 0 aliphatic heterocycles. The van der Waals surface area contributed by atoms with Gasteiger partial charge in [-0.2, -0.15) is 0 Å². The lowest BCUT2D eigenvalue weighted by Crippen LogP contribution is -2.49. The number of aromatic nitrogens is 1. The second kappa shape index (κ2) is 5.85. The van der Waals surface area contributed by atoms with Gasteiger partial charge in [-0.1, -0.05) is 0 Å². The van der Waals surface area contributed by atoms with Crippen LogP contribution in [0.5, 0.6) is 0 Å². The quantitative estimate of drug-likeness (QED) is 0.773. The molecule has 1 aromatic rings. The topological polar surface area (TPSA) is 72.4 Å². The minimum atomic E-state index is -3.48. The molecule has 0 amide bonds. The molecule has 1 saturated carbocycles. The first kappa shape index (κ1) is 15.5. The van der Waals surface area contributed by atoms with Crippen molar-refractivity contribution in [2.24, 2.45) is 7.05 Å². The third-order valence-corrected chi connectivity index (χ3v) is 5.40. The smallest absolute Gasteiger partial charge is 0.242 e. The molecule has 0 bridgehead atoms. The molecular formula is C13H23N3O3S. The van der Waals surface area contributed by atoms with Crippen LogP contribution in [-0.2, 0) is 28.4 Å². The van der Waals surface area contributed by atoms with Crippen LogP contribution in [-0.4, -0.2) is 39.3 Å². The van der Waals surface area contributed by atoms with E-state index in [1.54, 1.807) is 19.4 Å². The van der Waals surface area contributed by atoms with Crippen LogP contribution < -0.4 is 10.0 Å². The van der Waals surface area contributed by atoms with Crippen LogP contribution in [0.15, 0.2) is 17.2 Å². The predicted molar refractivity (Wildman–Crippen MR) is 77.0 cm³/mol. The predicted octanol–water partition coefficient (Wildman–Crippen LogP) is 0.592. The van der Waals surface area contributed by atoms with Gasteiger partial charge in [0.15, 0.2) is 0 Å². The summed E-state index contributed by atoms with van der Waals surface area (Å²) >= 11 is 0. The fourth-order valence-corrected chi connectivity index (χ4v) is 3.62. The molecule has 20 heavy (non-hydrogen) atoms. The number of nitrogens with zero attached hydrogens (tertiary/aromatic N) is 1. The van der Waals surface area contributed by atoms with E-state index in [1.165, 1.54) is 0 Å². The van der Waals surface area contributed by atoms with Crippen LogP contribution in [0.1, 0.15) is 25.0 Å². The molecule has 1 aliphatic carbocycles. The van der Waals surface area contributed by atoms with Crippen molar-refractivity contribution >= 4 is 10.0 Å². The Morgan fingerprint density at radius 1 is 1.45 bits per heavy atom. The van der Waals surface area contributed by atoms with E-state index in [4.69, 9.17) is 4.74 Å². The lowest BCUT2D eigenvalue weighted by Gasteiger charge is -2.40. The molecule has 0 radical (unpaired) electrons. The summed E-state index contributed by atoms with van der Waals surface area (Å²) in [5.41, 5.74) is 0.619. The highest BCUT2D eigenvalue weighted by molar-refractivity contribution is 7.89. The Balaban J connectivity index is 2.08. The van der Waals surface area contributed by atoms with E-state index < -0.39 is 10.0 Å². The number of nitrogens with one attached hydrogen (secondary N) is 2. The molecule has 2 rings (SSSR count). The molecule has 0 unspecified atom stereocenters. The molecule has 1 aromatic heterocycles. The summed E-state index contributed by atoms with van der Waals surface area (Å²) in [5.74, 6) is 0. The molecule has 2 N–H and O–H groups in total. The van der Waals surface area contributed by atoms with Gasteiger partial charge < -0.3 is 14.6 Å². The molecule has 114 valence electrons. The SMILES string of the molecule is CNCc1cc(S(=O)(=O)NCC2(OC)CCC2)cn1C. The summed E-state index contributed by atoms with van der Waals surface area (Å²) < 4.78 is 34.5. The molecular weight excluding hydrogens is 278 g/mol. The maximum absolute atomic E-state index is 12.3. The van der Waals surface area contributed by atoms with Crippen molar-refractivity contribution in [3.63, 3.8) is 0 Å². The minimum absolute atomic E-state index is 0.302. The molecule has 7 heteroatoms. The number of hydrogen-bond donors (Lipinski definition) is 2. The van der Waals surface area contributed by atoms with E-state index in [-0.39, 0.29) is 5.60 Å². The molecule has 1 fully saturated rings. The first-order valence-corrected chi connectivity index (χ1v) is 8.25. The number of rotatable bonds is 7. The lowest BCUT2D eigenvalue weighted by atomic mass is 9.80. The van der Waals surface area contributed by atoms with Crippen molar-refractivity contribution in [3.8, 4) is 0 Å². The van der Waals surface area contributed by atoms with Gasteiger partial charge in [-0.15, -0.1) is 0 Å². The van der Waals surface area contributed by atoms with Gasteiger partial charge in [-0.05, 0) is 32.4 Å². The lowest BCUT2D eigenvalue weighted by molar-refractivity contribution is -0.0659. The van der Waals surface area contributed by atoms with Crippen molar-refractivity contribution in [3.05, 3.63) is 18.0 Å².